The highest BCUT2D eigenvalue weighted by molar-refractivity contribution is 7.89. The van der Waals surface area contributed by atoms with Gasteiger partial charge in [0.05, 0.1) is 4.90 Å². The average Bonchev–Trinajstić information content (AvgIpc) is 3.44. The van der Waals surface area contributed by atoms with Crippen LogP contribution in [0.25, 0.3) is 0 Å². The number of nitrogens with one attached hydrogen (secondary N) is 2. The number of amides is 1. The molecule has 3 aromatic carbocycles. The standard InChI is InChI=1S/C26H27N3O5S2/c30-25(20-8-12-23(13-9-20)34-19-18-33-22-6-2-1-3-7-22)28-26(35)27-21-10-14-24(15-11-21)36(31,32)29-16-4-5-17-29/h1-3,6-15H,4-5,16-19H2,(H2,27,28,30,35). The van der Waals surface area contributed by atoms with Crippen molar-refractivity contribution in [1.82, 2.24) is 9.62 Å². The van der Waals surface area contributed by atoms with Crippen LogP contribution < -0.4 is 20.1 Å². The second kappa shape index (κ2) is 12.0. The Morgan fingerprint density at radius 2 is 1.42 bits per heavy atom. The first-order valence-corrected chi connectivity index (χ1v) is 13.4. The number of carbonyl (C=O) groups is 1. The number of anilines is 1. The van der Waals surface area contributed by atoms with Crippen molar-refractivity contribution in [3.05, 3.63) is 84.4 Å². The third-order valence-corrected chi connectivity index (χ3v) is 7.64. The molecule has 1 amide bonds. The largest absolute Gasteiger partial charge is 0.490 e. The summed E-state index contributed by atoms with van der Waals surface area (Å²) in [5.74, 6) is 1.02. The zero-order valence-electron chi connectivity index (χ0n) is 19.6. The Morgan fingerprint density at radius 1 is 0.833 bits per heavy atom. The highest BCUT2D eigenvalue weighted by Gasteiger charge is 2.26. The number of nitrogens with zero attached hydrogens (tertiary/aromatic N) is 1. The summed E-state index contributed by atoms with van der Waals surface area (Å²) in [6.07, 6.45) is 1.76. The molecule has 4 rings (SSSR count). The van der Waals surface area contributed by atoms with E-state index in [4.69, 9.17) is 21.7 Å². The Bertz CT molecular complexity index is 1280. The number of hydrogen-bond donors (Lipinski definition) is 2. The second-order valence-electron chi connectivity index (χ2n) is 8.08. The van der Waals surface area contributed by atoms with Crippen LogP contribution in [0.2, 0.25) is 0 Å². The van der Waals surface area contributed by atoms with Gasteiger partial charge in [-0.3, -0.25) is 10.1 Å². The minimum atomic E-state index is -3.48. The fourth-order valence-electron chi connectivity index (χ4n) is 3.66. The zero-order valence-corrected chi connectivity index (χ0v) is 21.2. The summed E-state index contributed by atoms with van der Waals surface area (Å²) >= 11 is 5.23. The van der Waals surface area contributed by atoms with Crippen molar-refractivity contribution in [3.8, 4) is 11.5 Å². The molecule has 0 unspecified atom stereocenters. The van der Waals surface area contributed by atoms with Crippen molar-refractivity contribution in [2.45, 2.75) is 17.7 Å². The molecular weight excluding hydrogens is 498 g/mol. The van der Waals surface area contributed by atoms with E-state index in [1.807, 2.05) is 30.3 Å². The maximum atomic E-state index is 12.6. The molecule has 0 radical (unpaired) electrons. The maximum Gasteiger partial charge on any atom is 0.257 e. The monoisotopic (exact) mass is 525 g/mol. The summed E-state index contributed by atoms with van der Waals surface area (Å²) in [4.78, 5) is 12.8. The first kappa shape index (κ1) is 25.6. The molecule has 1 aliphatic rings. The molecular formula is C26H27N3O5S2. The minimum absolute atomic E-state index is 0.105. The Balaban J connectivity index is 1.23. The molecule has 2 N–H and O–H groups in total. The van der Waals surface area contributed by atoms with E-state index in [9.17, 15) is 13.2 Å². The number of para-hydroxylation sites is 1. The molecule has 0 bridgehead atoms. The van der Waals surface area contributed by atoms with Crippen LogP contribution in [0.3, 0.4) is 0 Å². The lowest BCUT2D eigenvalue weighted by Gasteiger charge is -2.16. The van der Waals surface area contributed by atoms with E-state index in [1.54, 1.807) is 36.4 Å². The van der Waals surface area contributed by atoms with Gasteiger partial charge in [-0.2, -0.15) is 4.31 Å². The van der Waals surface area contributed by atoms with Crippen molar-refractivity contribution in [1.29, 1.82) is 0 Å². The van der Waals surface area contributed by atoms with E-state index < -0.39 is 10.0 Å². The summed E-state index contributed by atoms with van der Waals surface area (Å²) < 4.78 is 38.0. The van der Waals surface area contributed by atoms with Crippen LogP contribution in [0, 0.1) is 0 Å². The van der Waals surface area contributed by atoms with E-state index >= 15 is 0 Å². The lowest BCUT2D eigenvalue weighted by molar-refractivity contribution is 0.0977. The first-order chi connectivity index (χ1) is 17.4. The van der Waals surface area contributed by atoms with Gasteiger partial charge >= 0.3 is 0 Å². The van der Waals surface area contributed by atoms with Crippen LogP contribution in [0.5, 0.6) is 11.5 Å². The van der Waals surface area contributed by atoms with Crippen LogP contribution in [-0.2, 0) is 10.0 Å². The number of benzene rings is 3. The molecule has 1 saturated heterocycles. The van der Waals surface area contributed by atoms with Gasteiger partial charge in [0, 0.05) is 24.3 Å². The van der Waals surface area contributed by atoms with Crippen molar-refractivity contribution in [2.75, 3.05) is 31.6 Å². The highest BCUT2D eigenvalue weighted by atomic mass is 32.2. The van der Waals surface area contributed by atoms with E-state index in [1.165, 1.54) is 16.4 Å². The predicted molar refractivity (Wildman–Crippen MR) is 142 cm³/mol. The van der Waals surface area contributed by atoms with Gasteiger partial charge in [-0.25, -0.2) is 8.42 Å². The van der Waals surface area contributed by atoms with E-state index in [0.717, 1.165) is 18.6 Å². The summed E-state index contributed by atoms with van der Waals surface area (Å²) in [5, 5.41) is 5.63. The Morgan fingerprint density at radius 3 is 2.03 bits per heavy atom. The van der Waals surface area contributed by atoms with Crippen LogP contribution in [0.15, 0.2) is 83.8 Å². The number of thiocarbonyl (C=S) groups is 1. The number of sulfonamides is 1. The SMILES string of the molecule is O=C(NC(=S)Nc1ccc(S(=O)(=O)N2CCCC2)cc1)c1ccc(OCCOc2ccccc2)cc1. The van der Waals surface area contributed by atoms with Crippen molar-refractivity contribution >= 4 is 38.9 Å². The molecule has 0 aromatic heterocycles. The van der Waals surface area contributed by atoms with E-state index in [2.05, 4.69) is 10.6 Å². The highest BCUT2D eigenvalue weighted by Crippen LogP contribution is 2.22. The van der Waals surface area contributed by atoms with Crippen LogP contribution >= 0.6 is 12.2 Å². The number of carbonyl (C=O) groups excluding carboxylic acids is 1. The van der Waals surface area contributed by atoms with Gasteiger partial charge in [-0.1, -0.05) is 18.2 Å². The average molecular weight is 526 g/mol. The van der Waals surface area contributed by atoms with Gasteiger partial charge in [0.2, 0.25) is 10.0 Å². The van der Waals surface area contributed by atoms with Crippen molar-refractivity contribution < 1.29 is 22.7 Å². The second-order valence-corrected chi connectivity index (χ2v) is 10.4. The molecule has 0 aliphatic carbocycles. The van der Waals surface area contributed by atoms with Gasteiger partial charge in [-0.05, 0) is 85.7 Å². The normalized spacial score (nSPS) is 13.7. The summed E-state index contributed by atoms with van der Waals surface area (Å²) in [6, 6.07) is 22.5. The lowest BCUT2D eigenvalue weighted by atomic mass is 10.2. The fraction of sp³-hybridized carbons (Fsp3) is 0.231. The van der Waals surface area contributed by atoms with Crippen LogP contribution in [-0.4, -0.2) is 50.0 Å². The fourth-order valence-corrected chi connectivity index (χ4v) is 5.39. The number of hydrogen-bond acceptors (Lipinski definition) is 6. The lowest BCUT2D eigenvalue weighted by Crippen LogP contribution is -2.34. The maximum absolute atomic E-state index is 12.6. The van der Waals surface area contributed by atoms with E-state index in [-0.39, 0.29) is 15.9 Å². The minimum Gasteiger partial charge on any atom is -0.490 e. The molecule has 1 fully saturated rings. The molecule has 0 spiro atoms. The molecule has 0 saturated carbocycles. The molecule has 1 heterocycles. The molecule has 36 heavy (non-hydrogen) atoms. The third-order valence-electron chi connectivity index (χ3n) is 5.52. The van der Waals surface area contributed by atoms with Gasteiger partial charge in [0.1, 0.15) is 24.7 Å². The smallest absolute Gasteiger partial charge is 0.257 e. The Labute approximate surface area is 216 Å². The number of ether oxygens (including phenoxy) is 2. The van der Waals surface area contributed by atoms with Crippen molar-refractivity contribution in [3.63, 3.8) is 0 Å². The molecule has 10 heteroatoms. The Hall–Kier alpha value is -3.47. The van der Waals surface area contributed by atoms with Crippen molar-refractivity contribution in [2.24, 2.45) is 0 Å². The summed E-state index contributed by atoms with van der Waals surface area (Å²) in [7, 11) is -3.48. The molecule has 0 atom stereocenters. The van der Waals surface area contributed by atoms with Crippen LogP contribution in [0.1, 0.15) is 23.2 Å². The van der Waals surface area contributed by atoms with Crippen LogP contribution in [0.4, 0.5) is 5.69 Å². The topological polar surface area (TPSA) is 97.0 Å². The molecule has 8 nitrogen and oxygen atoms in total. The first-order valence-electron chi connectivity index (χ1n) is 11.5. The quantitative estimate of drug-likeness (QED) is 0.321. The van der Waals surface area contributed by atoms with Gasteiger partial charge < -0.3 is 14.8 Å². The summed E-state index contributed by atoms with van der Waals surface area (Å²) in [6.45, 7) is 1.87. The zero-order chi connectivity index (χ0) is 25.4. The van der Waals surface area contributed by atoms with Gasteiger partial charge in [0.15, 0.2) is 5.11 Å². The molecule has 188 valence electrons. The predicted octanol–water partition coefficient (Wildman–Crippen LogP) is 4.06. The molecule has 1 aliphatic heterocycles. The van der Waals surface area contributed by atoms with Gasteiger partial charge in [0.25, 0.3) is 5.91 Å². The third kappa shape index (κ3) is 6.81. The number of rotatable bonds is 9. The Kier molecular flexibility index (Phi) is 8.52. The van der Waals surface area contributed by atoms with E-state index in [0.29, 0.717) is 43.3 Å². The van der Waals surface area contributed by atoms with Gasteiger partial charge in [-0.15, -0.1) is 0 Å². The summed E-state index contributed by atoms with van der Waals surface area (Å²) in [5.41, 5.74) is 0.987. The molecule has 3 aromatic rings.